The summed E-state index contributed by atoms with van der Waals surface area (Å²) in [5.41, 5.74) is 7.46. The van der Waals surface area contributed by atoms with Crippen LogP contribution in [0.15, 0.2) is 78.9 Å². The lowest BCUT2D eigenvalue weighted by atomic mass is 9.92. The highest BCUT2D eigenvalue weighted by molar-refractivity contribution is 6.03. The Morgan fingerprint density at radius 1 is 0.844 bits per heavy atom. The summed E-state index contributed by atoms with van der Waals surface area (Å²) in [5.74, 6) is -1.29. The summed E-state index contributed by atoms with van der Waals surface area (Å²) in [7, 11) is 0. The number of primary amides is 1. The summed E-state index contributed by atoms with van der Waals surface area (Å²) in [6.45, 7) is 1.39. The summed E-state index contributed by atoms with van der Waals surface area (Å²) < 4.78 is 0. The Morgan fingerprint density at radius 2 is 1.47 bits per heavy atom. The summed E-state index contributed by atoms with van der Waals surface area (Å²) in [6, 6.07) is 23.6. The number of fused-ring (bicyclic) bond motifs is 2. The largest absolute Gasteiger partial charge is 0.368 e. The predicted octanol–water partition coefficient (Wildman–Crippen LogP) is 3.78. The highest BCUT2D eigenvalue weighted by Crippen LogP contribution is 2.29. The zero-order chi connectivity index (χ0) is 22.7. The Hall–Kier alpha value is -4.19. The lowest BCUT2D eigenvalue weighted by Gasteiger charge is -2.19. The van der Waals surface area contributed by atoms with Gasteiger partial charge in [-0.3, -0.25) is 14.4 Å². The summed E-state index contributed by atoms with van der Waals surface area (Å²) in [4.78, 5) is 36.5. The van der Waals surface area contributed by atoms with Crippen molar-refractivity contribution < 1.29 is 14.4 Å². The first kappa shape index (κ1) is 21.1. The number of hydrogen-bond donors (Lipinski definition) is 3. The monoisotopic (exact) mass is 425 g/mol. The second kappa shape index (κ2) is 8.89. The number of amides is 3. The van der Waals surface area contributed by atoms with Gasteiger partial charge < -0.3 is 16.4 Å². The molecule has 3 amide bonds. The van der Waals surface area contributed by atoms with Crippen LogP contribution in [0, 0.1) is 0 Å². The molecule has 4 rings (SSSR count). The molecular weight excluding hydrogens is 402 g/mol. The van der Waals surface area contributed by atoms with Gasteiger partial charge in [0.15, 0.2) is 0 Å². The third-order valence-corrected chi connectivity index (χ3v) is 5.38. The number of benzene rings is 4. The molecule has 0 heterocycles. The van der Waals surface area contributed by atoms with Crippen LogP contribution in [-0.4, -0.2) is 23.8 Å². The van der Waals surface area contributed by atoms with Gasteiger partial charge in [0.25, 0.3) is 5.91 Å². The molecule has 0 bridgehead atoms. The van der Waals surface area contributed by atoms with E-state index in [1.807, 2.05) is 48.5 Å². The van der Waals surface area contributed by atoms with Crippen LogP contribution in [0.1, 0.15) is 22.8 Å². The Labute approximate surface area is 185 Å². The third kappa shape index (κ3) is 4.44. The molecule has 6 heteroatoms. The highest BCUT2D eigenvalue weighted by atomic mass is 16.2. The van der Waals surface area contributed by atoms with Gasteiger partial charge >= 0.3 is 0 Å². The second-order valence-corrected chi connectivity index (χ2v) is 7.69. The number of carbonyl (C=O) groups is 3. The number of rotatable bonds is 6. The molecule has 0 saturated heterocycles. The molecule has 160 valence electrons. The molecule has 4 aromatic rings. The van der Waals surface area contributed by atoms with E-state index in [0.29, 0.717) is 11.3 Å². The van der Waals surface area contributed by atoms with E-state index in [9.17, 15) is 14.4 Å². The molecule has 4 N–H and O–H groups in total. The van der Waals surface area contributed by atoms with Crippen LogP contribution < -0.4 is 16.4 Å². The van der Waals surface area contributed by atoms with Crippen molar-refractivity contribution in [1.82, 2.24) is 5.32 Å². The summed E-state index contributed by atoms with van der Waals surface area (Å²) >= 11 is 0. The number of anilines is 1. The third-order valence-electron chi connectivity index (χ3n) is 5.38. The fourth-order valence-corrected chi connectivity index (χ4v) is 3.94. The molecule has 0 aromatic heterocycles. The van der Waals surface area contributed by atoms with Crippen molar-refractivity contribution in [2.45, 2.75) is 19.4 Å². The minimum atomic E-state index is -0.902. The van der Waals surface area contributed by atoms with E-state index in [1.54, 1.807) is 24.3 Å². The normalized spacial score (nSPS) is 11.8. The molecule has 0 radical (unpaired) electrons. The SMILES string of the molecule is CC(=O)Nc1cccc(C(=O)N[C@H](Cc2c3ccccc3cc3ccccc23)C(N)=O)c1. The van der Waals surface area contributed by atoms with Crippen LogP contribution in [-0.2, 0) is 16.0 Å². The van der Waals surface area contributed by atoms with Crippen molar-refractivity contribution in [1.29, 1.82) is 0 Å². The minimum Gasteiger partial charge on any atom is -0.368 e. The van der Waals surface area contributed by atoms with E-state index < -0.39 is 17.9 Å². The van der Waals surface area contributed by atoms with E-state index in [4.69, 9.17) is 5.73 Å². The van der Waals surface area contributed by atoms with E-state index in [0.717, 1.165) is 27.1 Å². The van der Waals surface area contributed by atoms with Gasteiger partial charge in [-0.1, -0.05) is 54.6 Å². The van der Waals surface area contributed by atoms with Gasteiger partial charge in [-0.15, -0.1) is 0 Å². The van der Waals surface area contributed by atoms with Crippen LogP contribution in [0.4, 0.5) is 5.69 Å². The maximum Gasteiger partial charge on any atom is 0.252 e. The summed E-state index contributed by atoms with van der Waals surface area (Å²) in [6.07, 6.45) is 0.258. The average molecular weight is 425 g/mol. The molecular formula is C26H23N3O3. The molecule has 1 atom stereocenters. The van der Waals surface area contributed by atoms with Crippen LogP contribution in [0.25, 0.3) is 21.5 Å². The van der Waals surface area contributed by atoms with Gasteiger partial charge in [-0.2, -0.15) is 0 Å². The average Bonchev–Trinajstić information content (AvgIpc) is 2.77. The molecule has 0 aliphatic carbocycles. The Kier molecular flexibility index (Phi) is 5.85. The standard InChI is InChI=1S/C26H23N3O3/c1-16(30)28-20-10-6-9-19(14-20)26(32)29-24(25(27)31)15-23-21-11-4-2-7-17(21)13-18-8-3-5-12-22(18)23/h2-14,24H,15H2,1H3,(H2,27,31)(H,28,30)(H,29,32)/t24-/m1/s1. The number of nitrogens with two attached hydrogens (primary N) is 1. The Morgan fingerprint density at radius 3 is 2.06 bits per heavy atom. The van der Waals surface area contributed by atoms with Crippen LogP contribution in [0.3, 0.4) is 0 Å². The van der Waals surface area contributed by atoms with E-state index in [2.05, 4.69) is 16.7 Å². The topological polar surface area (TPSA) is 101 Å². The van der Waals surface area contributed by atoms with Crippen LogP contribution in [0.2, 0.25) is 0 Å². The quantitative estimate of drug-likeness (QED) is 0.410. The Balaban J connectivity index is 1.68. The lowest BCUT2D eigenvalue weighted by Crippen LogP contribution is -2.45. The minimum absolute atomic E-state index is 0.236. The van der Waals surface area contributed by atoms with Crippen molar-refractivity contribution >= 4 is 45.0 Å². The first-order chi connectivity index (χ1) is 15.4. The fourth-order valence-electron chi connectivity index (χ4n) is 3.94. The van der Waals surface area contributed by atoms with E-state index in [-0.39, 0.29) is 12.3 Å². The molecule has 4 aromatic carbocycles. The molecule has 0 spiro atoms. The van der Waals surface area contributed by atoms with Gasteiger partial charge in [-0.05, 0) is 51.4 Å². The smallest absolute Gasteiger partial charge is 0.252 e. The number of nitrogens with one attached hydrogen (secondary N) is 2. The van der Waals surface area contributed by atoms with Crippen LogP contribution in [0.5, 0.6) is 0 Å². The van der Waals surface area contributed by atoms with Crippen molar-refractivity contribution in [3.8, 4) is 0 Å². The zero-order valence-electron chi connectivity index (χ0n) is 17.6. The van der Waals surface area contributed by atoms with Crippen molar-refractivity contribution in [3.05, 3.63) is 90.0 Å². The van der Waals surface area contributed by atoms with Gasteiger partial charge in [-0.25, -0.2) is 0 Å². The van der Waals surface area contributed by atoms with Gasteiger partial charge in [0.1, 0.15) is 6.04 Å². The summed E-state index contributed by atoms with van der Waals surface area (Å²) in [5, 5.41) is 9.55. The van der Waals surface area contributed by atoms with E-state index >= 15 is 0 Å². The first-order valence-corrected chi connectivity index (χ1v) is 10.3. The fraction of sp³-hybridized carbons (Fsp3) is 0.115. The second-order valence-electron chi connectivity index (χ2n) is 7.69. The van der Waals surface area contributed by atoms with Crippen molar-refractivity contribution in [3.63, 3.8) is 0 Å². The molecule has 0 saturated carbocycles. The molecule has 0 unspecified atom stereocenters. The molecule has 6 nitrogen and oxygen atoms in total. The van der Waals surface area contributed by atoms with Crippen molar-refractivity contribution in [2.75, 3.05) is 5.32 Å². The lowest BCUT2D eigenvalue weighted by molar-refractivity contribution is -0.119. The van der Waals surface area contributed by atoms with Crippen LogP contribution >= 0.6 is 0 Å². The molecule has 0 aliphatic rings. The maximum atomic E-state index is 12.9. The van der Waals surface area contributed by atoms with Gasteiger partial charge in [0, 0.05) is 24.6 Å². The van der Waals surface area contributed by atoms with Gasteiger partial charge in [0.2, 0.25) is 11.8 Å². The first-order valence-electron chi connectivity index (χ1n) is 10.3. The predicted molar refractivity (Wildman–Crippen MR) is 126 cm³/mol. The molecule has 32 heavy (non-hydrogen) atoms. The molecule has 0 aliphatic heterocycles. The zero-order valence-corrected chi connectivity index (χ0v) is 17.6. The molecule has 0 fully saturated rings. The van der Waals surface area contributed by atoms with E-state index in [1.165, 1.54) is 6.92 Å². The van der Waals surface area contributed by atoms with Crippen molar-refractivity contribution in [2.24, 2.45) is 5.73 Å². The van der Waals surface area contributed by atoms with Gasteiger partial charge in [0.05, 0.1) is 0 Å². The highest BCUT2D eigenvalue weighted by Gasteiger charge is 2.22. The number of carbonyl (C=O) groups excluding carboxylic acids is 3. The maximum absolute atomic E-state index is 12.9. The Bertz CT molecular complexity index is 1290. The number of hydrogen-bond acceptors (Lipinski definition) is 3.